The first kappa shape index (κ1) is 22.2. The lowest BCUT2D eigenvalue weighted by atomic mass is 9.96. The van der Waals surface area contributed by atoms with Crippen LogP contribution in [0.4, 0.5) is 0 Å². The summed E-state index contributed by atoms with van der Waals surface area (Å²) >= 11 is 5.77. The summed E-state index contributed by atoms with van der Waals surface area (Å²) in [7, 11) is -1.82. The van der Waals surface area contributed by atoms with E-state index in [2.05, 4.69) is 10.0 Å². The fourth-order valence-corrected chi connectivity index (χ4v) is 4.21. The van der Waals surface area contributed by atoms with Gasteiger partial charge in [0.25, 0.3) is 0 Å². The van der Waals surface area contributed by atoms with Crippen LogP contribution in [0, 0.1) is 5.92 Å². The molecule has 1 aromatic rings. The van der Waals surface area contributed by atoms with Gasteiger partial charge in [-0.25, -0.2) is 8.42 Å². The minimum atomic E-state index is -3.75. The Bertz CT molecular complexity index is 660. The molecule has 0 aliphatic carbocycles. The first-order valence-electron chi connectivity index (χ1n) is 8.05. The zero-order valence-corrected chi connectivity index (χ0v) is 16.8. The van der Waals surface area contributed by atoms with E-state index in [0.29, 0.717) is 24.0 Å². The van der Waals surface area contributed by atoms with E-state index in [1.165, 1.54) is 24.3 Å². The molecule has 142 valence electrons. The molecule has 1 heterocycles. The van der Waals surface area contributed by atoms with Gasteiger partial charge in [0.05, 0.1) is 10.9 Å². The van der Waals surface area contributed by atoms with Crippen molar-refractivity contribution in [3.05, 3.63) is 29.3 Å². The number of carbonyl (C=O) groups excluding carboxylic acids is 1. The molecule has 1 amide bonds. The highest BCUT2D eigenvalue weighted by Gasteiger charge is 2.28. The van der Waals surface area contributed by atoms with Crippen molar-refractivity contribution < 1.29 is 13.2 Å². The van der Waals surface area contributed by atoms with Crippen LogP contribution >= 0.6 is 24.0 Å². The summed E-state index contributed by atoms with van der Waals surface area (Å²) in [5, 5.41) is 3.61. The highest BCUT2D eigenvalue weighted by molar-refractivity contribution is 7.89. The SMILES string of the molecule is CNCC1CCN(C(=O)C(C)NS(=O)(=O)c2ccc(Cl)cc2)CC1.Cl. The van der Waals surface area contributed by atoms with Gasteiger partial charge in [-0.05, 0) is 63.5 Å². The Balaban J connectivity index is 0.00000312. The van der Waals surface area contributed by atoms with E-state index in [0.717, 1.165) is 19.4 Å². The summed E-state index contributed by atoms with van der Waals surface area (Å²) < 4.78 is 27.1. The molecule has 2 rings (SSSR count). The Hall–Kier alpha value is -0.860. The summed E-state index contributed by atoms with van der Waals surface area (Å²) in [4.78, 5) is 14.3. The highest BCUT2D eigenvalue weighted by Crippen LogP contribution is 2.18. The number of halogens is 2. The minimum Gasteiger partial charge on any atom is -0.341 e. The Labute approximate surface area is 160 Å². The van der Waals surface area contributed by atoms with E-state index in [9.17, 15) is 13.2 Å². The third kappa shape index (κ3) is 6.11. The predicted molar refractivity (Wildman–Crippen MR) is 102 cm³/mol. The quantitative estimate of drug-likeness (QED) is 0.751. The zero-order chi connectivity index (χ0) is 17.7. The second kappa shape index (κ2) is 9.73. The molecule has 1 fully saturated rings. The minimum absolute atomic E-state index is 0. The predicted octanol–water partition coefficient (Wildman–Crippen LogP) is 1.89. The Kier molecular flexibility index (Phi) is 8.63. The maximum absolute atomic E-state index is 12.5. The number of carbonyl (C=O) groups is 1. The number of hydrogen-bond donors (Lipinski definition) is 2. The number of piperidine rings is 1. The molecule has 1 aliphatic rings. The zero-order valence-electron chi connectivity index (χ0n) is 14.4. The summed E-state index contributed by atoms with van der Waals surface area (Å²) in [6.45, 7) is 3.85. The third-order valence-corrected chi connectivity index (χ3v) is 6.05. The van der Waals surface area contributed by atoms with Gasteiger partial charge in [0.15, 0.2) is 0 Å². The van der Waals surface area contributed by atoms with Crippen LogP contribution in [-0.4, -0.2) is 51.9 Å². The number of hydrogen-bond acceptors (Lipinski definition) is 4. The lowest BCUT2D eigenvalue weighted by Crippen LogP contribution is -2.49. The van der Waals surface area contributed by atoms with Crippen molar-refractivity contribution in [1.82, 2.24) is 14.9 Å². The van der Waals surface area contributed by atoms with Crippen molar-refractivity contribution in [2.45, 2.75) is 30.7 Å². The Morgan fingerprint density at radius 1 is 1.28 bits per heavy atom. The van der Waals surface area contributed by atoms with Crippen molar-refractivity contribution in [1.29, 1.82) is 0 Å². The van der Waals surface area contributed by atoms with Gasteiger partial charge < -0.3 is 10.2 Å². The molecule has 25 heavy (non-hydrogen) atoms. The average molecular weight is 410 g/mol. The molecule has 0 bridgehead atoms. The molecule has 0 aromatic heterocycles. The van der Waals surface area contributed by atoms with Gasteiger partial charge in [0, 0.05) is 18.1 Å². The first-order chi connectivity index (χ1) is 11.3. The average Bonchev–Trinajstić information content (AvgIpc) is 2.55. The highest BCUT2D eigenvalue weighted by atomic mass is 35.5. The molecule has 0 saturated carbocycles. The van der Waals surface area contributed by atoms with Crippen molar-refractivity contribution >= 4 is 39.9 Å². The molecular weight excluding hydrogens is 385 g/mol. The van der Waals surface area contributed by atoms with Gasteiger partial charge in [-0.2, -0.15) is 4.72 Å². The van der Waals surface area contributed by atoms with Crippen molar-refractivity contribution in [3.63, 3.8) is 0 Å². The number of nitrogens with one attached hydrogen (secondary N) is 2. The topological polar surface area (TPSA) is 78.5 Å². The maximum Gasteiger partial charge on any atom is 0.241 e. The van der Waals surface area contributed by atoms with Crippen molar-refractivity contribution in [2.75, 3.05) is 26.7 Å². The number of likely N-dealkylation sites (tertiary alicyclic amines) is 1. The van der Waals surface area contributed by atoms with Gasteiger partial charge in [-0.1, -0.05) is 11.6 Å². The lowest BCUT2D eigenvalue weighted by molar-refractivity contribution is -0.133. The number of benzene rings is 1. The third-order valence-electron chi connectivity index (χ3n) is 4.25. The van der Waals surface area contributed by atoms with Crippen LogP contribution < -0.4 is 10.0 Å². The molecule has 6 nitrogen and oxygen atoms in total. The van der Waals surface area contributed by atoms with E-state index in [-0.39, 0.29) is 23.2 Å². The van der Waals surface area contributed by atoms with Crippen LogP contribution in [0.15, 0.2) is 29.2 Å². The van der Waals surface area contributed by atoms with E-state index in [4.69, 9.17) is 11.6 Å². The first-order valence-corrected chi connectivity index (χ1v) is 9.91. The number of sulfonamides is 1. The summed E-state index contributed by atoms with van der Waals surface area (Å²) in [6.07, 6.45) is 1.87. The van der Waals surface area contributed by atoms with Crippen LogP contribution in [-0.2, 0) is 14.8 Å². The standard InChI is InChI=1S/C16H24ClN3O3S.ClH/c1-12(16(21)20-9-7-13(8-10-20)11-18-2)19-24(22,23)15-5-3-14(17)4-6-15;/h3-6,12-13,18-19H,7-11H2,1-2H3;1H. The number of rotatable bonds is 6. The largest absolute Gasteiger partial charge is 0.341 e. The monoisotopic (exact) mass is 409 g/mol. The van der Waals surface area contributed by atoms with Gasteiger partial charge in [0.2, 0.25) is 15.9 Å². The van der Waals surface area contributed by atoms with E-state index >= 15 is 0 Å². The van der Waals surface area contributed by atoms with Gasteiger partial charge in [-0.3, -0.25) is 4.79 Å². The number of amides is 1. The van der Waals surface area contributed by atoms with Gasteiger partial charge >= 0.3 is 0 Å². The van der Waals surface area contributed by atoms with E-state index in [1.54, 1.807) is 11.8 Å². The van der Waals surface area contributed by atoms with Crippen LogP contribution in [0.2, 0.25) is 5.02 Å². The second-order valence-electron chi connectivity index (χ2n) is 6.12. The normalized spacial score (nSPS) is 17.0. The summed E-state index contributed by atoms with van der Waals surface area (Å²) in [5.41, 5.74) is 0. The van der Waals surface area contributed by atoms with Gasteiger partial charge in [-0.15, -0.1) is 12.4 Å². The van der Waals surface area contributed by atoms with Crippen LogP contribution in [0.1, 0.15) is 19.8 Å². The van der Waals surface area contributed by atoms with Crippen molar-refractivity contribution in [3.8, 4) is 0 Å². The van der Waals surface area contributed by atoms with E-state index in [1.807, 2.05) is 7.05 Å². The molecule has 9 heteroatoms. The molecule has 0 radical (unpaired) electrons. The summed E-state index contributed by atoms with van der Waals surface area (Å²) in [5.74, 6) is 0.385. The second-order valence-corrected chi connectivity index (χ2v) is 8.27. The molecule has 1 saturated heterocycles. The Morgan fingerprint density at radius 3 is 2.36 bits per heavy atom. The van der Waals surface area contributed by atoms with Gasteiger partial charge in [0.1, 0.15) is 0 Å². The molecule has 2 N–H and O–H groups in total. The molecule has 1 aromatic carbocycles. The van der Waals surface area contributed by atoms with Crippen LogP contribution in [0.25, 0.3) is 0 Å². The smallest absolute Gasteiger partial charge is 0.241 e. The molecule has 1 unspecified atom stereocenters. The van der Waals surface area contributed by atoms with Crippen molar-refractivity contribution in [2.24, 2.45) is 5.92 Å². The maximum atomic E-state index is 12.5. The lowest BCUT2D eigenvalue weighted by Gasteiger charge is -2.33. The number of nitrogens with zero attached hydrogens (tertiary/aromatic N) is 1. The van der Waals surface area contributed by atoms with Crippen LogP contribution in [0.5, 0.6) is 0 Å². The summed E-state index contributed by atoms with van der Waals surface area (Å²) in [6, 6.07) is 5.06. The Morgan fingerprint density at radius 2 is 1.84 bits per heavy atom. The molecular formula is C16H25Cl2N3O3S. The molecule has 0 spiro atoms. The van der Waals surface area contributed by atoms with E-state index < -0.39 is 16.1 Å². The molecule has 1 aliphatic heterocycles. The van der Waals surface area contributed by atoms with Crippen LogP contribution in [0.3, 0.4) is 0 Å². The fourth-order valence-electron chi connectivity index (χ4n) is 2.88. The molecule has 1 atom stereocenters. The fraction of sp³-hybridized carbons (Fsp3) is 0.562.